The molecule has 0 saturated carbocycles. The highest BCUT2D eigenvalue weighted by molar-refractivity contribution is 4.90. The number of aliphatic hydroxyl groups excluding tert-OH is 1. The molecule has 0 aliphatic carbocycles. The zero-order valence-electron chi connectivity index (χ0n) is 7.86. The quantitative estimate of drug-likeness (QED) is 0.740. The Morgan fingerprint density at radius 2 is 2.25 bits per heavy atom. The van der Waals surface area contributed by atoms with Gasteiger partial charge >= 0.3 is 0 Å². The first-order valence-electron chi connectivity index (χ1n) is 4.25. The molecule has 68 valence electrons. The summed E-state index contributed by atoms with van der Waals surface area (Å²) < 4.78 is 1.93. The molecule has 0 aromatic carbocycles. The van der Waals surface area contributed by atoms with Crippen LogP contribution in [0.2, 0.25) is 0 Å². The molecule has 0 aliphatic heterocycles. The molecule has 0 fully saturated rings. The summed E-state index contributed by atoms with van der Waals surface area (Å²) in [6, 6.07) is 0. The molecule has 1 aromatic heterocycles. The summed E-state index contributed by atoms with van der Waals surface area (Å²) in [5.41, 5.74) is -0.259. The minimum atomic E-state index is -0.327. The zero-order valence-corrected chi connectivity index (χ0v) is 7.86. The highest BCUT2D eigenvalue weighted by Gasteiger charge is 2.27. The van der Waals surface area contributed by atoms with Crippen LogP contribution in [0.3, 0.4) is 0 Å². The second kappa shape index (κ2) is 3.27. The Morgan fingerprint density at radius 1 is 1.58 bits per heavy atom. The first-order chi connectivity index (χ1) is 5.59. The van der Waals surface area contributed by atoms with E-state index >= 15 is 0 Å². The van der Waals surface area contributed by atoms with E-state index in [1.54, 1.807) is 12.5 Å². The molecule has 1 rings (SSSR count). The molecular weight excluding hydrogens is 152 g/mol. The van der Waals surface area contributed by atoms with Gasteiger partial charge in [0.25, 0.3) is 0 Å². The Morgan fingerprint density at radius 3 is 2.67 bits per heavy atom. The lowest BCUT2D eigenvalue weighted by molar-refractivity contribution is 0.0543. The Hall–Kier alpha value is -0.830. The second-order valence-electron chi connectivity index (χ2n) is 3.55. The van der Waals surface area contributed by atoms with E-state index in [1.807, 2.05) is 31.5 Å². The first kappa shape index (κ1) is 9.26. The molecule has 1 heterocycles. The summed E-state index contributed by atoms with van der Waals surface area (Å²) in [6.07, 6.45) is 5.76. The molecule has 3 nitrogen and oxygen atoms in total. The largest absolute Gasteiger partial charge is 0.391 e. The third-order valence-corrected chi connectivity index (χ3v) is 2.37. The summed E-state index contributed by atoms with van der Waals surface area (Å²) in [5, 5.41) is 9.71. The van der Waals surface area contributed by atoms with E-state index in [2.05, 4.69) is 4.98 Å². The van der Waals surface area contributed by atoms with Crippen molar-refractivity contribution in [3.05, 3.63) is 18.7 Å². The highest BCUT2D eigenvalue weighted by Crippen LogP contribution is 2.21. The van der Waals surface area contributed by atoms with Crippen molar-refractivity contribution in [2.75, 3.05) is 0 Å². The SMILES string of the molecule is CCC(O)C(C)(C)n1ccnc1. The molecule has 0 amide bonds. The Labute approximate surface area is 73.1 Å². The van der Waals surface area contributed by atoms with Gasteiger partial charge in [-0.3, -0.25) is 0 Å². The molecular formula is C9H16N2O. The smallest absolute Gasteiger partial charge is 0.0951 e. The van der Waals surface area contributed by atoms with Gasteiger partial charge in [-0.25, -0.2) is 4.98 Å². The Bertz CT molecular complexity index is 229. The van der Waals surface area contributed by atoms with Gasteiger partial charge in [-0.05, 0) is 20.3 Å². The average molecular weight is 168 g/mol. The van der Waals surface area contributed by atoms with Crippen LogP contribution in [0.15, 0.2) is 18.7 Å². The van der Waals surface area contributed by atoms with Crippen molar-refractivity contribution < 1.29 is 5.11 Å². The number of hydrogen-bond acceptors (Lipinski definition) is 2. The van der Waals surface area contributed by atoms with Crippen molar-refractivity contribution in [1.82, 2.24) is 9.55 Å². The molecule has 0 bridgehead atoms. The van der Waals surface area contributed by atoms with Gasteiger partial charge < -0.3 is 9.67 Å². The van der Waals surface area contributed by atoms with Crippen LogP contribution < -0.4 is 0 Å². The van der Waals surface area contributed by atoms with E-state index < -0.39 is 0 Å². The van der Waals surface area contributed by atoms with Crippen LogP contribution in [0.25, 0.3) is 0 Å². The molecule has 0 aliphatic rings. The predicted molar refractivity (Wildman–Crippen MR) is 47.8 cm³/mol. The van der Waals surface area contributed by atoms with Gasteiger partial charge in [-0.1, -0.05) is 6.92 Å². The molecule has 0 radical (unpaired) electrons. The molecule has 3 heteroatoms. The van der Waals surface area contributed by atoms with Crippen LogP contribution in [-0.2, 0) is 5.54 Å². The fraction of sp³-hybridized carbons (Fsp3) is 0.667. The minimum absolute atomic E-state index is 0.259. The summed E-state index contributed by atoms with van der Waals surface area (Å²) in [5.74, 6) is 0. The van der Waals surface area contributed by atoms with Crippen LogP contribution in [0.4, 0.5) is 0 Å². The molecule has 12 heavy (non-hydrogen) atoms. The van der Waals surface area contributed by atoms with Crippen molar-refractivity contribution in [2.24, 2.45) is 0 Å². The first-order valence-corrected chi connectivity index (χ1v) is 4.25. The van der Waals surface area contributed by atoms with Crippen molar-refractivity contribution in [3.8, 4) is 0 Å². The number of aliphatic hydroxyl groups is 1. The van der Waals surface area contributed by atoms with E-state index in [9.17, 15) is 5.11 Å². The van der Waals surface area contributed by atoms with Crippen LogP contribution >= 0.6 is 0 Å². The van der Waals surface area contributed by atoms with Gasteiger partial charge in [0.2, 0.25) is 0 Å². The molecule has 1 unspecified atom stereocenters. The molecule has 1 N–H and O–H groups in total. The van der Waals surface area contributed by atoms with E-state index in [-0.39, 0.29) is 11.6 Å². The summed E-state index contributed by atoms with van der Waals surface area (Å²) in [6.45, 7) is 5.98. The molecule has 1 atom stereocenters. The van der Waals surface area contributed by atoms with Gasteiger partial charge in [0.15, 0.2) is 0 Å². The maximum absolute atomic E-state index is 9.71. The van der Waals surface area contributed by atoms with Crippen LogP contribution in [0, 0.1) is 0 Å². The maximum Gasteiger partial charge on any atom is 0.0951 e. The van der Waals surface area contributed by atoms with Gasteiger partial charge in [0, 0.05) is 12.4 Å². The van der Waals surface area contributed by atoms with Gasteiger partial charge in [-0.2, -0.15) is 0 Å². The summed E-state index contributed by atoms with van der Waals surface area (Å²) in [4.78, 5) is 3.96. The van der Waals surface area contributed by atoms with E-state index in [0.29, 0.717) is 0 Å². The number of nitrogens with zero attached hydrogens (tertiary/aromatic N) is 2. The van der Waals surface area contributed by atoms with Crippen molar-refractivity contribution in [2.45, 2.75) is 38.8 Å². The summed E-state index contributed by atoms with van der Waals surface area (Å²) in [7, 11) is 0. The fourth-order valence-corrected chi connectivity index (χ4v) is 1.27. The van der Waals surface area contributed by atoms with Crippen molar-refractivity contribution in [3.63, 3.8) is 0 Å². The van der Waals surface area contributed by atoms with Crippen molar-refractivity contribution in [1.29, 1.82) is 0 Å². The fourth-order valence-electron chi connectivity index (χ4n) is 1.27. The Balaban J connectivity index is 2.85. The van der Waals surface area contributed by atoms with Crippen LogP contribution in [0.1, 0.15) is 27.2 Å². The lowest BCUT2D eigenvalue weighted by atomic mass is 9.95. The van der Waals surface area contributed by atoms with Gasteiger partial charge in [-0.15, -0.1) is 0 Å². The number of rotatable bonds is 3. The monoisotopic (exact) mass is 168 g/mol. The van der Waals surface area contributed by atoms with Gasteiger partial charge in [0.1, 0.15) is 0 Å². The zero-order chi connectivity index (χ0) is 9.19. The predicted octanol–water partition coefficient (Wildman–Crippen LogP) is 1.39. The van der Waals surface area contributed by atoms with Gasteiger partial charge in [0.05, 0.1) is 18.0 Å². The molecule has 0 spiro atoms. The lowest BCUT2D eigenvalue weighted by Crippen LogP contribution is -2.38. The number of aromatic nitrogens is 2. The van der Waals surface area contributed by atoms with E-state index in [0.717, 1.165) is 6.42 Å². The second-order valence-corrected chi connectivity index (χ2v) is 3.55. The van der Waals surface area contributed by atoms with E-state index in [4.69, 9.17) is 0 Å². The third kappa shape index (κ3) is 1.50. The average Bonchev–Trinajstić information content (AvgIpc) is 2.55. The topological polar surface area (TPSA) is 38.0 Å². The lowest BCUT2D eigenvalue weighted by Gasteiger charge is -2.31. The molecule has 1 aromatic rings. The number of hydrogen-bond donors (Lipinski definition) is 1. The van der Waals surface area contributed by atoms with Crippen molar-refractivity contribution >= 4 is 0 Å². The summed E-state index contributed by atoms with van der Waals surface area (Å²) >= 11 is 0. The van der Waals surface area contributed by atoms with E-state index in [1.165, 1.54) is 0 Å². The Kier molecular flexibility index (Phi) is 2.52. The highest BCUT2D eigenvalue weighted by atomic mass is 16.3. The number of imidazole rings is 1. The minimum Gasteiger partial charge on any atom is -0.391 e. The standard InChI is InChI=1S/C9H16N2O/c1-4-8(12)9(2,3)11-6-5-10-7-11/h5-8,12H,4H2,1-3H3. The maximum atomic E-state index is 9.71. The van der Waals surface area contributed by atoms with Crippen LogP contribution in [0.5, 0.6) is 0 Å². The van der Waals surface area contributed by atoms with Crippen LogP contribution in [-0.4, -0.2) is 20.8 Å². The third-order valence-electron chi connectivity index (χ3n) is 2.37. The molecule has 0 saturated heterocycles. The normalized spacial score (nSPS) is 14.7.